The van der Waals surface area contributed by atoms with E-state index < -0.39 is 34.6 Å². The normalized spacial score (nSPS) is 17.4. The predicted octanol–water partition coefficient (Wildman–Crippen LogP) is 1.67. The van der Waals surface area contributed by atoms with Gasteiger partial charge in [-0.25, -0.2) is 17.6 Å². The lowest BCUT2D eigenvalue weighted by Gasteiger charge is -2.31. The summed E-state index contributed by atoms with van der Waals surface area (Å²) in [7, 11) is 1.93. The summed E-state index contributed by atoms with van der Waals surface area (Å²) in [6.45, 7) is 2.57. The van der Waals surface area contributed by atoms with Crippen molar-refractivity contribution in [2.45, 2.75) is 0 Å². The Hall–Kier alpha value is -1.47. The van der Waals surface area contributed by atoms with Crippen LogP contribution < -0.4 is 0 Å². The largest absolute Gasteiger partial charge is 0.304 e. The Labute approximate surface area is 113 Å². The third-order valence-electron chi connectivity index (χ3n) is 3.37. The molecule has 0 saturated carbocycles. The van der Waals surface area contributed by atoms with E-state index >= 15 is 0 Å². The maximum atomic E-state index is 13.5. The lowest BCUT2D eigenvalue weighted by atomic mass is 10.1. The highest BCUT2D eigenvalue weighted by Crippen LogP contribution is 2.19. The maximum Gasteiger partial charge on any atom is 0.198 e. The van der Waals surface area contributed by atoms with Gasteiger partial charge in [-0.3, -0.25) is 9.69 Å². The number of carbonyl (C=O) groups is 1. The minimum Gasteiger partial charge on any atom is -0.304 e. The molecule has 2 rings (SSSR count). The molecule has 0 N–H and O–H groups in total. The molecule has 1 aliphatic heterocycles. The average molecular weight is 290 g/mol. The van der Waals surface area contributed by atoms with Crippen molar-refractivity contribution in [3.8, 4) is 0 Å². The second-order valence-electron chi connectivity index (χ2n) is 4.85. The molecule has 0 aromatic heterocycles. The third kappa shape index (κ3) is 2.99. The molecular weight excluding hydrogens is 276 g/mol. The predicted molar refractivity (Wildman–Crippen MR) is 64.5 cm³/mol. The smallest absolute Gasteiger partial charge is 0.198 e. The monoisotopic (exact) mass is 290 g/mol. The Kier molecular flexibility index (Phi) is 4.39. The lowest BCUT2D eigenvalue weighted by molar-refractivity contribution is 0.0870. The van der Waals surface area contributed by atoms with Gasteiger partial charge in [0.05, 0.1) is 12.1 Å². The summed E-state index contributed by atoms with van der Waals surface area (Å²) in [6, 6.07) is 0.409. The van der Waals surface area contributed by atoms with Gasteiger partial charge in [0, 0.05) is 26.2 Å². The first kappa shape index (κ1) is 14.9. The summed E-state index contributed by atoms with van der Waals surface area (Å²) in [4.78, 5) is 15.7. The van der Waals surface area contributed by atoms with Gasteiger partial charge in [0.2, 0.25) is 0 Å². The maximum absolute atomic E-state index is 13.5. The van der Waals surface area contributed by atoms with Gasteiger partial charge < -0.3 is 4.90 Å². The molecule has 0 amide bonds. The molecule has 1 aliphatic rings. The average Bonchev–Trinajstić information content (AvgIpc) is 2.43. The van der Waals surface area contributed by atoms with Crippen molar-refractivity contribution in [3.63, 3.8) is 0 Å². The molecule has 1 heterocycles. The molecule has 0 unspecified atom stereocenters. The first-order chi connectivity index (χ1) is 9.40. The van der Waals surface area contributed by atoms with Crippen LogP contribution in [0.3, 0.4) is 0 Å². The number of Topliss-reactive ketones (excluding diaryl/α,β-unsaturated/α-hetero) is 1. The van der Waals surface area contributed by atoms with Crippen molar-refractivity contribution in [1.29, 1.82) is 0 Å². The van der Waals surface area contributed by atoms with Crippen LogP contribution in [0.1, 0.15) is 10.4 Å². The fourth-order valence-corrected chi connectivity index (χ4v) is 2.07. The Bertz CT molecular complexity index is 528. The van der Waals surface area contributed by atoms with E-state index in [1.165, 1.54) is 0 Å². The van der Waals surface area contributed by atoms with E-state index in [4.69, 9.17) is 0 Å². The second-order valence-corrected chi connectivity index (χ2v) is 4.85. The fraction of sp³-hybridized carbons (Fsp3) is 0.462. The highest BCUT2D eigenvalue weighted by Gasteiger charge is 2.25. The summed E-state index contributed by atoms with van der Waals surface area (Å²) >= 11 is 0. The number of piperazine rings is 1. The van der Waals surface area contributed by atoms with Gasteiger partial charge in [-0.2, -0.15) is 0 Å². The van der Waals surface area contributed by atoms with Crippen LogP contribution in [0.2, 0.25) is 0 Å². The van der Waals surface area contributed by atoms with E-state index in [9.17, 15) is 22.4 Å². The Balaban J connectivity index is 2.14. The number of hydrogen-bond donors (Lipinski definition) is 0. The molecule has 1 saturated heterocycles. The van der Waals surface area contributed by atoms with Gasteiger partial charge in [-0.1, -0.05) is 0 Å². The molecule has 1 aromatic rings. The van der Waals surface area contributed by atoms with Crippen molar-refractivity contribution < 1.29 is 22.4 Å². The van der Waals surface area contributed by atoms with E-state index in [1.54, 1.807) is 4.90 Å². The van der Waals surface area contributed by atoms with Crippen molar-refractivity contribution in [1.82, 2.24) is 9.80 Å². The lowest BCUT2D eigenvalue weighted by Crippen LogP contribution is -2.46. The van der Waals surface area contributed by atoms with E-state index in [1.807, 2.05) is 7.05 Å². The van der Waals surface area contributed by atoms with Crippen molar-refractivity contribution in [3.05, 3.63) is 34.9 Å². The summed E-state index contributed by atoms with van der Waals surface area (Å²) in [5, 5.41) is 0. The molecule has 0 aliphatic carbocycles. The van der Waals surface area contributed by atoms with E-state index in [0.29, 0.717) is 19.2 Å². The molecule has 0 bridgehead atoms. The minimum absolute atomic E-state index is 0.144. The van der Waals surface area contributed by atoms with Crippen molar-refractivity contribution in [2.24, 2.45) is 0 Å². The van der Waals surface area contributed by atoms with Gasteiger partial charge in [0.15, 0.2) is 29.1 Å². The molecule has 1 fully saturated rings. The highest BCUT2D eigenvalue weighted by atomic mass is 19.2. The number of carbonyl (C=O) groups excluding carboxylic acids is 1. The van der Waals surface area contributed by atoms with Crippen LogP contribution in [0.5, 0.6) is 0 Å². The van der Waals surface area contributed by atoms with Gasteiger partial charge in [-0.05, 0) is 13.1 Å². The van der Waals surface area contributed by atoms with Crippen LogP contribution in [0, 0.1) is 23.3 Å². The van der Waals surface area contributed by atoms with Crippen LogP contribution in [0.4, 0.5) is 17.6 Å². The van der Waals surface area contributed by atoms with E-state index in [0.717, 1.165) is 13.1 Å². The number of nitrogens with zero attached hydrogens (tertiary/aromatic N) is 2. The summed E-state index contributed by atoms with van der Waals surface area (Å²) in [5.41, 5.74) is -0.750. The molecule has 3 nitrogen and oxygen atoms in total. The zero-order chi connectivity index (χ0) is 14.9. The zero-order valence-corrected chi connectivity index (χ0v) is 10.9. The van der Waals surface area contributed by atoms with Gasteiger partial charge in [0.25, 0.3) is 0 Å². The number of ketones is 1. The number of likely N-dealkylation sites (N-methyl/N-ethyl adjacent to an activating group) is 1. The summed E-state index contributed by atoms with van der Waals surface area (Å²) in [6.07, 6.45) is 0. The van der Waals surface area contributed by atoms with Crippen LogP contribution in [0.25, 0.3) is 0 Å². The number of hydrogen-bond acceptors (Lipinski definition) is 3. The first-order valence-corrected chi connectivity index (χ1v) is 6.17. The topological polar surface area (TPSA) is 23.6 Å². The number of benzene rings is 1. The highest BCUT2D eigenvalue weighted by molar-refractivity contribution is 5.97. The zero-order valence-electron chi connectivity index (χ0n) is 10.9. The van der Waals surface area contributed by atoms with E-state index in [2.05, 4.69) is 4.90 Å². The van der Waals surface area contributed by atoms with Gasteiger partial charge in [0.1, 0.15) is 0 Å². The molecule has 110 valence electrons. The van der Waals surface area contributed by atoms with Gasteiger partial charge >= 0.3 is 0 Å². The molecule has 1 aromatic carbocycles. The van der Waals surface area contributed by atoms with Crippen LogP contribution in [-0.2, 0) is 0 Å². The van der Waals surface area contributed by atoms with Crippen LogP contribution in [-0.4, -0.2) is 55.4 Å². The molecule has 0 atom stereocenters. The molecule has 7 heteroatoms. The van der Waals surface area contributed by atoms with Crippen LogP contribution in [0.15, 0.2) is 6.07 Å². The first-order valence-electron chi connectivity index (χ1n) is 6.17. The SMILES string of the molecule is CN1CCN(CC(=O)c2cc(F)c(F)c(F)c2F)CC1. The molecule has 0 spiro atoms. The Morgan fingerprint density at radius 1 is 1.05 bits per heavy atom. The standard InChI is InChI=1S/C13H14F4N2O/c1-18-2-4-19(5-3-18)7-10(20)8-6-9(14)12(16)13(17)11(8)15/h6H,2-5,7H2,1H3. The summed E-state index contributed by atoms with van der Waals surface area (Å²) in [5.74, 6) is -7.82. The molecular formula is C13H14F4N2O. The number of rotatable bonds is 3. The Morgan fingerprint density at radius 2 is 1.65 bits per heavy atom. The minimum atomic E-state index is -1.95. The van der Waals surface area contributed by atoms with Gasteiger partial charge in [-0.15, -0.1) is 0 Å². The van der Waals surface area contributed by atoms with E-state index in [-0.39, 0.29) is 6.54 Å². The second kappa shape index (κ2) is 5.88. The van der Waals surface area contributed by atoms with Crippen molar-refractivity contribution >= 4 is 5.78 Å². The van der Waals surface area contributed by atoms with Crippen LogP contribution >= 0.6 is 0 Å². The fourth-order valence-electron chi connectivity index (χ4n) is 2.07. The quantitative estimate of drug-likeness (QED) is 0.366. The molecule has 20 heavy (non-hydrogen) atoms. The van der Waals surface area contributed by atoms with Crippen molar-refractivity contribution in [2.75, 3.05) is 39.8 Å². The molecule has 0 radical (unpaired) electrons. The number of halogens is 4. The Morgan fingerprint density at radius 3 is 2.25 bits per heavy atom. The third-order valence-corrected chi connectivity index (χ3v) is 3.37. The summed E-state index contributed by atoms with van der Waals surface area (Å²) < 4.78 is 52.4.